The zero-order valence-electron chi connectivity index (χ0n) is 18.0. The van der Waals surface area contributed by atoms with Gasteiger partial charge in [-0.25, -0.2) is 4.79 Å². The van der Waals surface area contributed by atoms with Crippen LogP contribution in [-0.4, -0.2) is 40.9 Å². The number of anilines is 1. The minimum absolute atomic E-state index is 0.0257. The molecule has 156 valence electrons. The summed E-state index contributed by atoms with van der Waals surface area (Å²) in [4.78, 5) is 28.6. The highest BCUT2D eigenvalue weighted by atomic mass is 16.2. The van der Waals surface area contributed by atoms with Crippen LogP contribution in [0.25, 0.3) is 0 Å². The third kappa shape index (κ3) is 6.34. The molecule has 0 saturated carbocycles. The topological polar surface area (TPSA) is 52.7 Å². The minimum atomic E-state index is -0.103. The second-order valence-corrected chi connectivity index (χ2v) is 7.16. The van der Waals surface area contributed by atoms with E-state index in [1.807, 2.05) is 61.2 Å². The Morgan fingerprint density at radius 1 is 0.931 bits per heavy atom. The molecule has 0 bridgehead atoms. The van der Waals surface area contributed by atoms with Crippen molar-refractivity contribution >= 4 is 17.6 Å². The first-order valence-electron chi connectivity index (χ1n) is 10.4. The summed E-state index contributed by atoms with van der Waals surface area (Å²) in [5.41, 5.74) is 2.92. The van der Waals surface area contributed by atoms with Crippen molar-refractivity contribution in [2.45, 2.75) is 53.1 Å². The normalized spacial score (nSPS) is 11.6. The number of likely N-dealkylation sites (N-methyl/N-ethyl adjacent to an activating group) is 1. The molecule has 0 aromatic heterocycles. The van der Waals surface area contributed by atoms with Crippen LogP contribution in [0.15, 0.2) is 54.6 Å². The van der Waals surface area contributed by atoms with Crippen molar-refractivity contribution in [2.75, 3.05) is 18.4 Å². The van der Waals surface area contributed by atoms with Crippen molar-refractivity contribution in [3.8, 4) is 0 Å². The lowest BCUT2D eigenvalue weighted by Crippen LogP contribution is -2.43. The fraction of sp³-hybridized carbons (Fsp3) is 0.417. The van der Waals surface area contributed by atoms with E-state index in [2.05, 4.69) is 24.4 Å². The predicted octanol–water partition coefficient (Wildman–Crippen LogP) is 4.93. The zero-order valence-corrected chi connectivity index (χ0v) is 18.0. The minimum Gasteiger partial charge on any atom is -0.339 e. The number of benzene rings is 2. The number of hydrogen-bond acceptors (Lipinski definition) is 2. The second-order valence-electron chi connectivity index (χ2n) is 7.16. The monoisotopic (exact) mass is 395 g/mol. The molecule has 1 N–H and O–H groups in total. The maximum absolute atomic E-state index is 13.1. The van der Waals surface area contributed by atoms with E-state index in [-0.39, 0.29) is 18.0 Å². The van der Waals surface area contributed by atoms with Crippen molar-refractivity contribution in [3.05, 3.63) is 65.7 Å². The van der Waals surface area contributed by atoms with Crippen molar-refractivity contribution in [1.82, 2.24) is 9.80 Å². The number of amides is 3. The van der Waals surface area contributed by atoms with Crippen molar-refractivity contribution < 1.29 is 9.59 Å². The summed E-state index contributed by atoms with van der Waals surface area (Å²) in [5.74, 6) is 0.0257. The summed E-state index contributed by atoms with van der Waals surface area (Å²) < 4.78 is 0. The fourth-order valence-corrected chi connectivity index (χ4v) is 3.55. The SMILES string of the molecule is CCC(Cc1ccccc1)N(CC)C(=O)Nc1ccccc1CN(CC)C(C)=O. The lowest BCUT2D eigenvalue weighted by atomic mass is 10.0. The number of hydrogen-bond donors (Lipinski definition) is 1. The van der Waals surface area contributed by atoms with Gasteiger partial charge in [0, 0.05) is 38.3 Å². The average molecular weight is 396 g/mol. The highest BCUT2D eigenvalue weighted by Crippen LogP contribution is 2.20. The van der Waals surface area contributed by atoms with Gasteiger partial charge in [-0.1, -0.05) is 55.5 Å². The number of nitrogens with one attached hydrogen (secondary N) is 1. The van der Waals surface area contributed by atoms with Crippen LogP contribution in [0.4, 0.5) is 10.5 Å². The highest BCUT2D eigenvalue weighted by molar-refractivity contribution is 5.90. The van der Waals surface area contributed by atoms with Gasteiger partial charge in [-0.05, 0) is 43.9 Å². The molecule has 2 aromatic rings. The van der Waals surface area contributed by atoms with E-state index in [1.165, 1.54) is 5.56 Å². The fourth-order valence-electron chi connectivity index (χ4n) is 3.55. The van der Waals surface area contributed by atoms with Crippen LogP contribution < -0.4 is 5.32 Å². The molecule has 0 aliphatic carbocycles. The lowest BCUT2D eigenvalue weighted by molar-refractivity contribution is -0.129. The Hall–Kier alpha value is -2.82. The summed E-state index contributed by atoms with van der Waals surface area (Å²) in [6, 6.07) is 18.0. The number of urea groups is 1. The number of para-hydroxylation sites is 1. The molecule has 0 spiro atoms. The van der Waals surface area contributed by atoms with Crippen molar-refractivity contribution in [2.24, 2.45) is 0 Å². The van der Waals surface area contributed by atoms with Crippen LogP contribution in [0.3, 0.4) is 0 Å². The third-order valence-electron chi connectivity index (χ3n) is 5.27. The zero-order chi connectivity index (χ0) is 21.2. The number of nitrogens with zero attached hydrogens (tertiary/aromatic N) is 2. The summed E-state index contributed by atoms with van der Waals surface area (Å²) in [6.07, 6.45) is 1.71. The van der Waals surface area contributed by atoms with Crippen molar-refractivity contribution in [1.29, 1.82) is 0 Å². The molecule has 3 amide bonds. The van der Waals surface area contributed by atoms with Gasteiger partial charge in [-0.3, -0.25) is 4.79 Å². The summed E-state index contributed by atoms with van der Waals surface area (Å²) in [6.45, 7) is 9.39. The molecular weight excluding hydrogens is 362 g/mol. The van der Waals surface area contributed by atoms with E-state index in [9.17, 15) is 9.59 Å². The van der Waals surface area contributed by atoms with Crippen LogP contribution in [-0.2, 0) is 17.8 Å². The van der Waals surface area contributed by atoms with Gasteiger partial charge in [-0.2, -0.15) is 0 Å². The summed E-state index contributed by atoms with van der Waals surface area (Å²) >= 11 is 0. The van der Waals surface area contributed by atoms with Crippen LogP contribution in [0.1, 0.15) is 45.2 Å². The van der Waals surface area contributed by atoms with Crippen LogP contribution in [0.5, 0.6) is 0 Å². The first kappa shape index (κ1) is 22.5. The van der Waals surface area contributed by atoms with E-state index in [0.29, 0.717) is 19.6 Å². The third-order valence-corrected chi connectivity index (χ3v) is 5.27. The van der Waals surface area contributed by atoms with Gasteiger partial charge in [0.05, 0.1) is 0 Å². The molecule has 1 unspecified atom stereocenters. The molecule has 2 aromatic carbocycles. The Balaban J connectivity index is 2.15. The first-order chi connectivity index (χ1) is 14.0. The maximum atomic E-state index is 13.1. The van der Waals surface area contributed by atoms with Crippen LogP contribution in [0, 0.1) is 0 Å². The lowest BCUT2D eigenvalue weighted by Gasteiger charge is -2.31. The largest absolute Gasteiger partial charge is 0.339 e. The van der Waals surface area contributed by atoms with E-state index >= 15 is 0 Å². The van der Waals surface area contributed by atoms with Gasteiger partial charge in [0.25, 0.3) is 0 Å². The smallest absolute Gasteiger partial charge is 0.322 e. The van der Waals surface area contributed by atoms with Gasteiger partial charge < -0.3 is 15.1 Å². The first-order valence-corrected chi connectivity index (χ1v) is 10.4. The molecule has 0 heterocycles. The molecule has 0 aliphatic heterocycles. The molecule has 5 nitrogen and oxygen atoms in total. The molecule has 5 heteroatoms. The van der Waals surface area contributed by atoms with E-state index < -0.39 is 0 Å². The average Bonchev–Trinajstić information content (AvgIpc) is 2.73. The van der Waals surface area contributed by atoms with Gasteiger partial charge >= 0.3 is 6.03 Å². The Bertz CT molecular complexity index is 792. The molecule has 0 aliphatic rings. The molecular formula is C24H33N3O2. The number of rotatable bonds is 9. The number of carbonyl (C=O) groups is 2. The Morgan fingerprint density at radius 3 is 2.17 bits per heavy atom. The van der Waals surface area contributed by atoms with Gasteiger partial charge in [0.2, 0.25) is 5.91 Å². The summed E-state index contributed by atoms with van der Waals surface area (Å²) in [5, 5.41) is 3.08. The molecule has 2 rings (SSSR count). The van der Waals surface area contributed by atoms with Crippen LogP contribution >= 0.6 is 0 Å². The van der Waals surface area contributed by atoms with E-state index in [4.69, 9.17) is 0 Å². The van der Waals surface area contributed by atoms with Gasteiger partial charge in [0.1, 0.15) is 0 Å². The standard InChI is InChI=1S/C24H33N3O2/c1-5-22(17-20-13-9-8-10-14-20)27(7-3)24(29)25-23-16-12-11-15-21(23)18-26(6-2)19(4)28/h8-16,22H,5-7,17-18H2,1-4H3,(H,25,29). The molecule has 0 radical (unpaired) electrons. The van der Waals surface area contributed by atoms with E-state index in [1.54, 1.807) is 11.8 Å². The Morgan fingerprint density at radius 2 is 1.59 bits per heavy atom. The predicted molar refractivity (Wildman–Crippen MR) is 119 cm³/mol. The summed E-state index contributed by atoms with van der Waals surface area (Å²) in [7, 11) is 0. The number of carbonyl (C=O) groups excluding carboxylic acids is 2. The highest BCUT2D eigenvalue weighted by Gasteiger charge is 2.22. The molecule has 0 saturated heterocycles. The van der Waals surface area contributed by atoms with E-state index in [0.717, 1.165) is 24.1 Å². The van der Waals surface area contributed by atoms with Crippen molar-refractivity contribution in [3.63, 3.8) is 0 Å². The van der Waals surface area contributed by atoms with Gasteiger partial charge in [0.15, 0.2) is 0 Å². The molecule has 29 heavy (non-hydrogen) atoms. The Kier molecular flexibility index (Phi) is 8.71. The molecule has 0 fully saturated rings. The van der Waals surface area contributed by atoms with Crippen LogP contribution in [0.2, 0.25) is 0 Å². The van der Waals surface area contributed by atoms with Gasteiger partial charge in [-0.15, -0.1) is 0 Å². The Labute approximate surface area is 174 Å². The molecule has 1 atom stereocenters. The maximum Gasteiger partial charge on any atom is 0.322 e. The second kappa shape index (κ2) is 11.2. The quantitative estimate of drug-likeness (QED) is 0.654.